The molecule has 6 atom stereocenters. The molecule has 1 aliphatic heterocycles. The van der Waals surface area contributed by atoms with Crippen molar-refractivity contribution in [2.75, 3.05) is 20.8 Å². The molecule has 218 valence electrons. The van der Waals surface area contributed by atoms with Gasteiger partial charge in [-0.05, 0) is 32.8 Å². The summed E-state index contributed by atoms with van der Waals surface area (Å²) in [5.41, 5.74) is 5.87. The second-order valence-electron chi connectivity index (χ2n) is 9.90. The van der Waals surface area contributed by atoms with Gasteiger partial charge in [0.1, 0.15) is 23.0 Å². The van der Waals surface area contributed by atoms with E-state index in [-0.39, 0.29) is 76.8 Å². The number of aliphatic hydroxyl groups is 2. The number of aromatic hydroxyl groups is 2. The van der Waals surface area contributed by atoms with Crippen LogP contribution in [0.25, 0.3) is 0 Å². The maximum atomic E-state index is 13.6. The van der Waals surface area contributed by atoms with E-state index in [1.807, 2.05) is 0 Å². The van der Waals surface area contributed by atoms with Gasteiger partial charge in [0.05, 0.1) is 60.9 Å². The fraction of sp³-hybridized carbons (Fsp3) is 0.464. The number of ketones is 3. The lowest BCUT2D eigenvalue weighted by Gasteiger charge is -2.41. The Kier molecular flexibility index (Phi) is 9.61. The van der Waals surface area contributed by atoms with Crippen molar-refractivity contribution in [2.45, 2.75) is 57.1 Å². The lowest BCUT2D eigenvalue weighted by molar-refractivity contribution is -0.166. The SMILES string of the molecule is CO.COc1cccc2c1C(=O)c1c(O)c3c(c(O)c1C2=O)C[C@@H](C(C)=O)C[C@@H]3O[C@H]1CO[C@@H](C)C(O)C1N.Cl. The van der Waals surface area contributed by atoms with Crippen LogP contribution in [0.15, 0.2) is 18.2 Å². The maximum Gasteiger partial charge on any atom is 0.202 e. The molecule has 3 aliphatic rings. The Morgan fingerprint density at radius 3 is 2.35 bits per heavy atom. The van der Waals surface area contributed by atoms with E-state index in [0.717, 1.165) is 7.11 Å². The van der Waals surface area contributed by atoms with E-state index in [0.29, 0.717) is 0 Å². The van der Waals surface area contributed by atoms with Gasteiger partial charge in [0, 0.05) is 29.7 Å². The van der Waals surface area contributed by atoms with Crippen molar-refractivity contribution >= 4 is 29.8 Å². The number of benzene rings is 2. The summed E-state index contributed by atoms with van der Waals surface area (Å²) in [5.74, 6) is -2.85. The summed E-state index contributed by atoms with van der Waals surface area (Å²) in [7, 11) is 2.36. The molecule has 0 radical (unpaired) electrons. The Morgan fingerprint density at radius 2 is 1.73 bits per heavy atom. The molecule has 2 aromatic rings. The van der Waals surface area contributed by atoms with Crippen LogP contribution < -0.4 is 10.5 Å². The Labute approximate surface area is 237 Å². The molecule has 40 heavy (non-hydrogen) atoms. The van der Waals surface area contributed by atoms with E-state index < -0.39 is 59.4 Å². The highest BCUT2D eigenvalue weighted by atomic mass is 35.5. The van der Waals surface area contributed by atoms with Crippen LogP contribution in [0.1, 0.15) is 69.3 Å². The number of aliphatic hydroxyl groups excluding tert-OH is 2. The smallest absolute Gasteiger partial charge is 0.202 e. The van der Waals surface area contributed by atoms with Gasteiger partial charge in [0.15, 0.2) is 5.78 Å². The highest BCUT2D eigenvalue weighted by Crippen LogP contribution is 2.51. The second-order valence-corrected chi connectivity index (χ2v) is 9.90. The van der Waals surface area contributed by atoms with Gasteiger partial charge >= 0.3 is 0 Å². The van der Waals surface area contributed by atoms with Crippen LogP contribution in [0.3, 0.4) is 0 Å². The van der Waals surface area contributed by atoms with Crippen LogP contribution in [0.4, 0.5) is 0 Å². The molecule has 1 fully saturated rings. The predicted molar refractivity (Wildman–Crippen MR) is 145 cm³/mol. The van der Waals surface area contributed by atoms with E-state index in [2.05, 4.69) is 0 Å². The maximum absolute atomic E-state index is 13.6. The standard InChI is InChI=1S/C27H29NO9.CH4O.ClH/c1-10(29)12-7-14-19(16(8-12)37-17-9-36-11(2)23(30)22(17)28)27(34)21-20(25(14)32)24(31)13-5-4-6-15(35-3)18(13)26(21)33;1-2;/h4-6,11-12,16-17,22-23,30,32,34H,7-9,28H2,1-3H3;2H,1H3;1H/t11-,12+,16-,17-,22?,23?;;/m0../s1. The number of rotatable bonds is 4. The number of ether oxygens (including phenoxy) is 3. The molecule has 11 nitrogen and oxygen atoms in total. The number of methoxy groups -OCH3 is 1. The molecule has 1 heterocycles. The van der Waals surface area contributed by atoms with Crippen molar-refractivity contribution in [3.05, 3.63) is 51.6 Å². The predicted octanol–water partition coefficient (Wildman–Crippen LogP) is 1.60. The molecule has 0 bridgehead atoms. The minimum Gasteiger partial charge on any atom is -0.507 e. The summed E-state index contributed by atoms with van der Waals surface area (Å²) in [5, 5.41) is 40.2. The van der Waals surface area contributed by atoms with Crippen molar-refractivity contribution in [3.8, 4) is 17.2 Å². The van der Waals surface area contributed by atoms with Crippen LogP contribution in [0.5, 0.6) is 17.2 Å². The van der Waals surface area contributed by atoms with Crippen molar-refractivity contribution in [1.82, 2.24) is 0 Å². The zero-order valence-electron chi connectivity index (χ0n) is 22.5. The van der Waals surface area contributed by atoms with Gasteiger partial charge < -0.3 is 40.4 Å². The van der Waals surface area contributed by atoms with Crippen molar-refractivity contribution in [2.24, 2.45) is 11.7 Å². The van der Waals surface area contributed by atoms with E-state index in [4.69, 9.17) is 25.1 Å². The monoisotopic (exact) mass is 579 g/mol. The first-order valence-corrected chi connectivity index (χ1v) is 12.6. The first kappa shape index (κ1) is 31.5. The summed E-state index contributed by atoms with van der Waals surface area (Å²) in [6.45, 7) is 3.17. The molecular formula is C28H34ClNO10. The van der Waals surface area contributed by atoms with Crippen molar-refractivity contribution in [3.63, 3.8) is 0 Å². The molecule has 0 aromatic heterocycles. The number of hydrogen-bond donors (Lipinski definition) is 5. The first-order chi connectivity index (χ1) is 18.6. The van der Waals surface area contributed by atoms with Gasteiger partial charge in [-0.2, -0.15) is 0 Å². The summed E-state index contributed by atoms with van der Waals surface area (Å²) < 4.78 is 17.1. The molecule has 5 rings (SSSR count). The highest BCUT2D eigenvalue weighted by Gasteiger charge is 2.45. The van der Waals surface area contributed by atoms with Crippen LogP contribution in [0.2, 0.25) is 0 Å². The number of phenols is 2. The number of phenolic OH excluding ortho intramolecular Hbond substituents is 2. The summed E-state index contributed by atoms with van der Waals surface area (Å²) >= 11 is 0. The minimum absolute atomic E-state index is 0. The molecule has 2 aliphatic carbocycles. The molecule has 0 amide bonds. The van der Waals surface area contributed by atoms with Gasteiger partial charge in [0.25, 0.3) is 0 Å². The number of carbonyl (C=O) groups is 3. The number of halogens is 1. The molecule has 1 saturated heterocycles. The topological polar surface area (TPSA) is 186 Å². The Bertz CT molecular complexity index is 1330. The Hall–Kier alpha value is -3.06. The van der Waals surface area contributed by atoms with Gasteiger partial charge in [-0.15, -0.1) is 12.4 Å². The zero-order valence-corrected chi connectivity index (χ0v) is 23.4. The lowest BCUT2D eigenvalue weighted by atomic mass is 9.73. The van der Waals surface area contributed by atoms with Crippen LogP contribution >= 0.6 is 12.4 Å². The van der Waals surface area contributed by atoms with E-state index in [1.165, 1.54) is 26.2 Å². The number of nitrogens with two attached hydrogens (primary N) is 1. The third kappa shape index (κ3) is 4.98. The molecule has 6 N–H and O–H groups in total. The van der Waals surface area contributed by atoms with Crippen LogP contribution in [0, 0.1) is 5.92 Å². The molecule has 2 unspecified atom stereocenters. The van der Waals surface area contributed by atoms with Gasteiger partial charge in [-0.3, -0.25) is 14.4 Å². The van der Waals surface area contributed by atoms with Crippen molar-refractivity contribution < 1.29 is 49.0 Å². The molecule has 0 saturated carbocycles. The number of carbonyl (C=O) groups excluding carboxylic acids is 3. The van der Waals surface area contributed by atoms with E-state index in [1.54, 1.807) is 13.0 Å². The summed E-state index contributed by atoms with van der Waals surface area (Å²) in [6, 6.07) is 3.74. The second kappa shape index (κ2) is 12.2. The van der Waals surface area contributed by atoms with Crippen LogP contribution in [-0.4, -0.2) is 83.0 Å². The third-order valence-corrected chi connectivity index (χ3v) is 7.77. The normalized spacial score (nSPS) is 26.8. The quantitative estimate of drug-likeness (QED) is 0.283. The lowest BCUT2D eigenvalue weighted by Crippen LogP contribution is -2.57. The molecule has 2 aromatic carbocycles. The fourth-order valence-corrected chi connectivity index (χ4v) is 5.64. The van der Waals surface area contributed by atoms with Crippen LogP contribution in [-0.2, 0) is 20.7 Å². The zero-order chi connectivity index (χ0) is 28.8. The minimum atomic E-state index is -1.00. The molecule has 0 spiro atoms. The average molecular weight is 580 g/mol. The molecular weight excluding hydrogens is 546 g/mol. The Morgan fingerprint density at radius 1 is 1.07 bits per heavy atom. The largest absolute Gasteiger partial charge is 0.507 e. The number of Topliss-reactive ketones (excluding diaryl/α,β-unsaturated/α-hetero) is 1. The number of fused-ring (bicyclic) bond motifs is 3. The molecule has 12 heteroatoms. The summed E-state index contributed by atoms with van der Waals surface area (Å²) in [4.78, 5) is 39.5. The Balaban J connectivity index is 0.00000144. The van der Waals surface area contributed by atoms with E-state index >= 15 is 0 Å². The van der Waals surface area contributed by atoms with Gasteiger partial charge in [0.2, 0.25) is 5.78 Å². The van der Waals surface area contributed by atoms with E-state index in [9.17, 15) is 29.7 Å². The highest BCUT2D eigenvalue weighted by molar-refractivity contribution is 6.31. The number of hydrogen-bond acceptors (Lipinski definition) is 11. The first-order valence-electron chi connectivity index (χ1n) is 12.6. The average Bonchev–Trinajstić information content (AvgIpc) is 2.94. The third-order valence-electron chi connectivity index (χ3n) is 7.77. The van der Waals surface area contributed by atoms with Gasteiger partial charge in [-0.1, -0.05) is 12.1 Å². The fourth-order valence-electron chi connectivity index (χ4n) is 5.64. The van der Waals surface area contributed by atoms with Crippen molar-refractivity contribution in [1.29, 1.82) is 0 Å². The summed E-state index contributed by atoms with van der Waals surface area (Å²) in [6.07, 6.45) is -3.05. The van der Waals surface area contributed by atoms with Gasteiger partial charge in [-0.25, -0.2) is 0 Å².